The van der Waals surface area contributed by atoms with Gasteiger partial charge in [-0.15, -0.1) is 0 Å². The van der Waals surface area contributed by atoms with Crippen LogP contribution in [-0.2, 0) is 10.5 Å². The van der Waals surface area contributed by atoms with E-state index in [9.17, 15) is 4.79 Å². The highest BCUT2D eigenvalue weighted by molar-refractivity contribution is 7.98. The van der Waals surface area contributed by atoms with Crippen molar-refractivity contribution in [3.05, 3.63) is 64.2 Å². The average Bonchev–Trinajstić information content (AvgIpc) is 2.60. The van der Waals surface area contributed by atoms with Crippen molar-refractivity contribution in [1.82, 2.24) is 5.32 Å². The number of amides is 1. The summed E-state index contributed by atoms with van der Waals surface area (Å²) < 4.78 is 5.89. The topological polar surface area (TPSA) is 38.3 Å². The van der Waals surface area contributed by atoms with Gasteiger partial charge < -0.3 is 10.1 Å². The first-order valence-electron chi connectivity index (χ1n) is 8.82. The van der Waals surface area contributed by atoms with Crippen LogP contribution in [0.15, 0.2) is 42.5 Å². The molecule has 0 aromatic heterocycles. The summed E-state index contributed by atoms with van der Waals surface area (Å²) >= 11 is 7.67. The van der Waals surface area contributed by atoms with Gasteiger partial charge in [0.2, 0.25) is 0 Å². The lowest BCUT2D eigenvalue weighted by molar-refractivity contribution is -0.127. The van der Waals surface area contributed by atoms with E-state index in [4.69, 9.17) is 16.3 Å². The van der Waals surface area contributed by atoms with Crippen LogP contribution in [0.5, 0.6) is 5.75 Å². The Morgan fingerprint density at radius 1 is 1.15 bits per heavy atom. The number of benzene rings is 2. The van der Waals surface area contributed by atoms with E-state index in [2.05, 4.69) is 11.4 Å². The van der Waals surface area contributed by atoms with Crippen LogP contribution < -0.4 is 10.1 Å². The molecule has 0 saturated carbocycles. The smallest absolute Gasteiger partial charge is 0.261 e. The monoisotopic (exact) mass is 391 g/mol. The van der Waals surface area contributed by atoms with Crippen LogP contribution in [0.1, 0.15) is 30.0 Å². The van der Waals surface area contributed by atoms with Crippen molar-refractivity contribution in [1.29, 1.82) is 0 Å². The molecular weight excluding hydrogens is 366 g/mol. The molecule has 1 N–H and O–H groups in total. The lowest BCUT2D eigenvalue weighted by Crippen LogP contribution is -2.39. The van der Waals surface area contributed by atoms with E-state index in [0.29, 0.717) is 13.0 Å². The third kappa shape index (κ3) is 6.93. The molecule has 5 heteroatoms. The Kier molecular flexibility index (Phi) is 8.33. The molecular formula is C21H26ClNO2S. The third-order valence-corrected chi connectivity index (χ3v) is 5.15. The number of carbonyl (C=O) groups excluding carboxylic acids is 1. The number of rotatable bonds is 9. The van der Waals surface area contributed by atoms with Crippen molar-refractivity contribution >= 4 is 29.3 Å². The molecule has 0 aliphatic rings. The molecule has 3 nitrogen and oxygen atoms in total. The Balaban J connectivity index is 1.73. The van der Waals surface area contributed by atoms with Gasteiger partial charge in [-0.2, -0.15) is 11.8 Å². The van der Waals surface area contributed by atoms with Crippen molar-refractivity contribution in [2.24, 2.45) is 0 Å². The van der Waals surface area contributed by atoms with Crippen LogP contribution in [0.3, 0.4) is 0 Å². The van der Waals surface area contributed by atoms with Gasteiger partial charge in [-0.05, 0) is 61.2 Å². The first-order chi connectivity index (χ1) is 12.5. The van der Waals surface area contributed by atoms with Gasteiger partial charge in [0.1, 0.15) is 5.75 Å². The van der Waals surface area contributed by atoms with Crippen LogP contribution in [-0.4, -0.2) is 24.3 Å². The SMILES string of the molecule is CC[C@@H](Oc1cc(C)cc(C)c1)C(=O)NCCSCc1ccc(Cl)cc1. The van der Waals surface area contributed by atoms with E-state index >= 15 is 0 Å². The van der Waals surface area contributed by atoms with Crippen molar-refractivity contribution in [3.8, 4) is 5.75 Å². The van der Waals surface area contributed by atoms with E-state index in [1.54, 1.807) is 11.8 Å². The molecule has 0 fully saturated rings. The lowest BCUT2D eigenvalue weighted by Gasteiger charge is -2.18. The molecule has 1 atom stereocenters. The lowest BCUT2D eigenvalue weighted by atomic mass is 10.1. The molecule has 0 radical (unpaired) electrons. The fraction of sp³-hybridized carbons (Fsp3) is 0.381. The number of nitrogens with one attached hydrogen (secondary N) is 1. The molecule has 0 spiro atoms. The summed E-state index contributed by atoms with van der Waals surface area (Å²) in [4.78, 5) is 12.4. The molecule has 1 amide bonds. The molecule has 2 aromatic carbocycles. The summed E-state index contributed by atoms with van der Waals surface area (Å²) in [6.07, 6.45) is 0.175. The first kappa shape index (κ1) is 20.7. The summed E-state index contributed by atoms with van der Waals surface area (Å²) in [6, 6.07) is 13.9. The highest BCUT2D eigenvalue weighted by Crippen LogP contribution is 2.19. The summed E-state index contributed by atoms with van der Waals surface area (Å²) in [5.74, 6) is 2.46. The van der Waals surface area contributed by atoms with Gasteiger partial charge in [-0.3, -0.25) is 4.79 Å². The second kappa shape index (κ2) is 10.5. The Morgan fingerprint density at radius 3 is 2.42 bits per heavy atom. The molecule has 0 aliphatic heterocycles. The predicted molar refractivity (Wildman–Crippen MR) is 111 cm³/mol. The van der Waals surface area contributed by atoms with E-state index in [-0.39, 0.29) is 5.91 Å². The number of hydrogen-bond donors (Lipinski definition) is 1. The maximum Gasteiger partial charge on any atom is 0.261 e. The maximum absolute atomic E-state index is 12.4. The Morgan fingerprint density at radius 2 is 1.81 bits per heavy atom. The van der Waals surface area contributed by atoms with Crippen LogP contribution in [0.4, 0.5) is 0 Å². The predicted octanol–water partition coefficient (Wildman–Crippen LogP) is 5.16. The molecule has 2 rings (SSSR count). The molecule has 2 aromatic rings. The second-order valence-electron chi connectivity index (χ2n) is 6.31. The molecule has 0 aliphatic carbocycles. The van der Waals surface area contributed by atoms with Crippen molar-refractivity contribution in [3.63, 3.8) is 0 Å². The molecule has 0 saturated heterocycles. The van der Waals surface area contributed by atoms with Crippen LogP contribution in [0.25, 0.3) is 0 Å². The maximum atomic E-state index is 12.4. The Bertz CT molecular complexity index is 698. The van der Waals surface area contributed by atoms with Crippen LogP contribution in [0.2, 0.25) is 5.02 Å². The fourth-order valence-corrected chi connectivity index (χ4v) is 3.56. The number of thioether (sulfide) groups is 1. The quantitative estimate of drug-likeness (QED) is 0.599. The highest BCUT2D eigenvalue weighted by Gasteiger charge is 2.18. The minimum Gasteiger partial charge on any atom is -0.481 e. The average molecular weight is 392 g/mol. The van der Waals surface area contributed by atoms with Crippen molar-refractivity contribution in [2.45, 2.75) is 39.0 Å². The normalized spacial score (nSPS) is 11.8. The molecule has 0 unspecified atom stereocenters. The molecule has 140 valence electrons. The van der Waals surface area contributed by atoms with Crippen molar-refractivity contribution in [2.75, 3.05) is 12.3 Å². The minimum atomic E-state index is -0.461. The zero-order valence-electron chi connectivity index (χ0n) is 15.5. The van der Waals surface area contributed by atoms with E-state index in [0.717, 1.165) is 33.4 Å². The van der Waals surface area contributed by atoms with Gasteiger partial charge in [0.25, 0.3) is 5.91 Å². The van der Waals surface area contributed by atoms with Crippen LogP contribution >= 0.6 is 23.4 Å². The number of ether oxygens (including phenoxy) is 1. The van der Waals surface area contributed by atoms with Gasteiger partial charge in [-0.25, -0.2) is 0 Å². The van der Waals surface area contributed by atoms with Gasteiger partial charge in [0, 0.05) is 23.1 Å². The number of hydrogen-bond acceptors (Lipinski definition) is 3. The van der Waals surface area contributed by atoms with Crippen molar-refractivity contribution < 1.29 is 9.53 Å². The summed E-state index contributed by atoms with van der Waals surface area (Å²) in [7, 11) is 0. The van der Waals surface area contributed by atoms with E-state index in [1.165, 1.54) is 5.56 Å². The standard InChI is InChI=1S/C21H26ClNO2S/c1-4-20(25-19-12-15(2)11-16(3)13-19)21(24)23-9-10-26-14-17-5-7-18(22)8-6-17/h5-8,11-13,20H,4,9-10,14H2,1-3H3,(H,23,24)/t20-/m1/s1. The molecule has 0 bridgehead atoms. The Hall–Kier alpha value is -1.65. The van der Waals surface area contributed by atoms with Gasteiger partial charge in [0.05, 0.1) is 0 Å². The second-order valence-corrected chi connectivity index (χ2v) is 7.85. The Labute approximate surface area is 165 Å². The van der Waals surface area contributed by atoms with E-state index < -0.39 is 6.10 Å². The highest BCUT2D eigenvalue weighted by atomic mass is 35.5. The van der Waals surface area contributed by atoms with Crippen LogP contribution in [0, 0.1) is 13.8 Å². The minimum absolute atomic E-state index is 0.0567. The largest absolute Gasteiger partial charge is 0.481 e. The summed E-state index contributed by atoms with van der Waals surface area (Å²) in [5, 5.41) is 3.72. The van der Waals surface area contributed by atoms with Gasteiger partial charge >= 0.3 is 0 Å². The third-order valence-electron chi connectivity index (χ3n) is 3.86. The summed E-state index contributed by atoms with van der Waals surface area (Å²) in [6.45, 7) is 6.64. The van der Waals surface area contributed by atoms with E-state index in [1.807, 2.05) is 57.2 Å². The molecule has 0 heterocycles. The summed E-state index contributed by atoms with van der Waals surface area (Å²) in [5.41, 5.74) is 3.50. The van der Waals surface area contributed by atoms with Gasteiger partial charge in [-0.1, -0.05) is 36.7 Å². The number of carbonyl (C=O) groups is 1. The number of aryl methyl sites for hydroxylation is 2. The first-order valence-corrected chi connectivity index (χ1v) is 10.4. The zero-order valence-corrected chi connectivity index (χ0v) is 17.1. The fourth-order valence-electron chi connectivity index (χ4n) is 2.62. The zero-order chi connectivity index (χ0) is 18.9. The van der Waals surface area contributed by atoms with Gasteiger partial charge in [0.15, 0.2) is 6.10 Å². The molecule has 26 heavy (non-hydrogen) atoms. The number of halogens is 1.